The predicted molar refractivity (Wildman–Crippen MR) is 65.3 cm³/mol. The van der Waals surface area contributed by atoms with Gasteiger partial charge < -0.3 is 16.6 Å². The Morgan fingerprint density at radius 2 is 2.06 bits per heavy atom. The molecular formula is C10H22N4O3. The van der Waals surface area contributed by atoms with Crippen molar-refractivity contribution in [1.29, 1.82) is 0 Å². The number of hydroxylamine groups is 1. The van der Waals surface area contributed by atoms with E-state index in [1.807, 2.05) is 20.8 Å². The van der Waals surface area contributed by atoms with Crippen molar-refractivity contribution < 1.29 is 14.7 Å². The Morgan fingerprint density at radius 3 is 2.47 bits per heavy atom. The van der Waals surface area contributed by atoms with Crippen molar-refractivity contribution in [2.24, 2.45) is 16.5 Å². The first-order valence-corrected chi connectivity index (χ1v) is 5.44. The first-order chi connectivity index (χ1) is 7.72. The second-order valence-electron chi connectivity index (χ2n) is 4.67. The van der Waals surface area contributed by atoms with Gasteiger partial charge in [0.05, 0.1) is 5.60 Å². The van der Waals surface area contributed by atoms with Crippen LogP contribution in [0.2, 0.25) is 0 Å². The van der Waals surface area contributed by atoms with Gasteiger partial charge >= 0.3 is 5.97 Å². The maximum atomic E-state index is 10.9. The van der Waals surface area contributed by atoms with Gasteiger partial charge in [0, 0.05) is 6.54 Å². The van der Waals surface area contributed by atoms with E-state index in [-0.39, 0.29) is 5.96 Å². The Hall–Kier alpha value is -1.34. The summed E-state index contributed by atoms with van der Waals surface area (Å²) in [6.07, 6.45) is 0.956. The minimum atomic E-state index is -0.959. The van der Waals surface area contributed by atoms with Crippen LogP contribution in [0.3, 0.4) is 0 Å². The highest BCUT2D eigenvalue weighted by Gasteiger charge is 2.20. The molecule has 0 aliphatic heterocycles. The van der Waals surface area contributed by atoms with Gasteiger partial charge in [0.1, 0.15) is 6.04 Å². The van der Waals surface area contributed by atoms with Crippen LogP contribution in [0.5, 0.6) is 0 Å². The number of carboxylic acids is 1. The fourth-order valence-corrected chi connectivity index (χ4v) is 0.984. The number of guanidine groups is 1. The second-order valence-corrected chi connectivity index (χ2v) is 4.67. The van der Waals surface area contributed by atoms with Gasteiger partial charge in [-0.15, -0.1) is 0 Å². The molecule has 0 radical (unpaired) electrons. The highest BCUT2D eigenvalue weighted by Crippen LogP contribution is 2.06. The van der Waals surface area contributed by atoms with E-state index in [2.05, 4.69) is 10.5 Å². The topological polar surface area (TPSA) is 123 Å². The van der Waals surface area contributed by atoms with E-state index in [0.29, 0.717) is 19.4 Å². The number of aliphatic carboxylic acids is 1. The van der Waals surface area contributed by atoms with E-state index in [4.69, 9.17) is 21.4 Å². The average molecular weight is 246 g/mol. The molecule has 0 saturated carbocycles. The van der Waals surface area contributed by atoms with Gasteiger partial charge in [-0.3, -0.25) is 14.6 Å². The fourth-order valence-electron chi connectivity index (χ4n) is 0.984. The molecule has 7 heteroatoms. The number of rotatable bonds is 7. The number of nitrogens with zero attached hydrogens (tertiary/aromatic N) is 1. The number of hydrogen-bond donors (Lipinski definition) is 4. The molecule has 0 aromatic rings. The lowest BCUT2D eigenvalue weighted by molar-refractivity contribution is -0.150. The number of nitrogens with one attached hydrogen (secondary N) is 1. The molecule has 17 heavy (non-hydrogen) atoms. The van der Waals surface area contributed by atoms with E-state index >= 15 is 0 Å². The molecule has 0 unspecified atom stereocenters. The summed E-state index contributed by atoms with van der Waals surface area (Å²) >= 11 is 0. The lowest BCUT2D eigenvalue weighted by Crippen LogP contribution is -2.41. The lowest BCUT2D eigenvalue weighted by atomic mass is 10.1. The predicted octanol–water partition coefficient (Wildman–Crippen LogP) is -0.187. The summed E-state index contributed by atoms with van der Waals surface area (Å²) in [5, 5.41) is 8.95. The van der Waals surface area contributed by atoms with Crippen LogP contribution in [-0.2, 0) is 9.63 Å². The minimum Gasteiger partial charge on any atom is -0.480 e. The van der Waals surface area contributed by atoms with E-state index < -0.39 is 17.6 Å². The van der Waals surface area contributed by atoms with Crippen LogP contribution in [0.4, 0.5) is 0 Å². The van der Waals surface area contributed by atoms with Gasteiger partial charge in [-0.05, 0) is 33.6 Å². The summed E-state index contributed by atoms with van der Waals surface area (Å²) in [4.78, 5) is 19.9. The van der Waals surface area contributed by atoms with Gasteiger partial charge in [0.2, 0.25) is 0 Å². The quantitative estimate of drug-likeness (QED) is 0.214. The summed E-state index contributed by atoms with van der Waals surface area (Å²) in [6.45, 7) is 5.90. The Bertz CT molecular complexity index is 269. The molecule has 0 fully saturated rings. The van der Waals surface area contributed by atoms with Crippen molar-refractivity contribution in [3.63, 3.8) is 0 Å². The summed E-state index contributed by atoms with van der Waals surface area (Å²) in [6, 6.07) is -0.761. The minimum absolute atomic E-state index is 0.00998. The Labute approximate surface area is 101 Å². The van der Waals surface area contributed by atoms with Crippen LogP contribution < -0.4 is 16.9 Å². The zero-order chi connectivity index (χ0) is 13.5. The number of nitrogens with two attached hydrogens (primary N) is 2. The first-order valence-electron chi connectivity index (χ1n) is 5.44. The fraction of sp³-hybridized carbons (Fsp3) is 0.800. The van der Waals surface area contributed by atoms with Crippen LogP contribution in [0.1, 0.15) is 33.6 Å². The van der Waals surface area contributed by atoms with Crippen molar-refractivity contribution >= 4 is 11.9 Å². The van der Waals surface area contributed by atoms with Crippen molar-refractivity contribution in [1.82, 2.24) is 5.48 Å². The summed E-state index contributed by atoms with van der Waals surface area (Å²) in [5.74, 6) is -0.949. The molecule has 7 nitrogen and oxygen atoms in total. The van der Waals surface area contributed by atoms with Crippen molar-refractivity contribution in [2.45, 2.75) is 45.3 Å². The zero-order valence-electron chi connectivity index (χ0n) is 10.6. The molecule has 0 amide bonds. The molecular weight excluding hydrogens is 224 g/mol. The Kier molecular flexibility index (Phi) is 6.52. The van der Waals surface area contributed by atoms with Crippen LogP contribution in [0, 0.1) is 0 Å². The number of hydrogen-bond acceptors (Lipinski definition) is 4. The first kappa shape index (κ1) is 15.7. The molecule has 0 aliphatic carbocycles. The molecule has 0 rings (SSSR count). The van der Waals surface area contributed by atoms with Gasteiger partial charge in [-0.2, -0.15) is 5.48 Å². The lowest BCUT2D eigenvalue weighted by Gasteiger charge is -2.22. The molecule has 0 heterocycles. The molecule has 0 saturated heterocycles. The van der Waals surface area contributed by atoms with E-state index in [1.165, 1.54) is 0 Å². The zero-order valence-corrected chi connectivity index (χ0v) is 10.6. The van der Waals surface area contributed by atoms with Crippen LogP contribution >= 0.6 is 0 Å². The molecule has 0 aromatic heterocycles. The van der Waals surface area contributed by atoms with Crippen LogP contribution in [0.25, 0.3) is 0 Å². The number of carboxylic acid groups (broad SMARTS) is 1. The third-order valence-corrected chi connectivity index (χ3v) is 1.75. The van der Waals surface area contributed by atoms with Crippen molar-refractivity contribution in [3.8, 4) is 0 Å². The summed E-state index contributed by atoms with van der Waals surface area (Å²) < 4.78 is 0. The van der Waals surface area contributed by atoms with E-state index in [9.17, 15) is 4.79 Å². The largest absolute Gasteiger partial charge is 0.480 e. The highest BCUT2D eigenvalue weighted by atomic mass is 16.7. The monoisotopic (exact) mass is 246 g/mol. The van der Waals surface area contributed by atoms with E-state index in [0.717, 1.165) is 0 Å². The van der Waals surface area contributed by atoms with Crippen LogP contribution in [-0.4, -0.2) is 35.2 Å². The normalized spacial score (nSPS) is 13.1. The third kappa shape index (κ3) is 9.58. The highest BCUT2D eigenvalue weighted by molar-refractivity contribution is 5.75. The van der Waals surface area contributed by atoms with Gasteiger partial charge in [0.25, 0.3) is 0 Å². The molecule has 6 N–H and O–H groups in total. The Balaban J connectivity index is 4.00. The summed E-state index contributed by atoms with van der Waals surface area (Å²) in [5.41, 5.74) is 12.4. The van der Waals surface area contributed by atoms with Gasteiger partial charge in [-0.1, -0.05) is 0 Å². The van der Waals surface area contributed by atoms with Crippen molar-refractivity contribution in [2.75, 3.05) is 6.54 Å². The van der Waals surface area contributed by atoms with Gasteiger partial charge in [-0.25, -0.2) is 0 Å². The number of carbonyl (C=O) groups is 1. The third-order valence-electron chi connectivity index (χ3n) is 1.75. The molecule has 0 aromatic carbocycles. The second kappa shape index (κ2) is 7.08. The van der Waals surface area contributed by atoms with Crippen LogP contribution in [0.15, 0.2) is 4.99 Å². The molecule has 0 spiro atoms. The van der Waals surface area contributed by atoms with E-state index in [1.54, 1.807) is 0 Å². The smallest absolute Gasteiger partial charge is 0.323 e. The molecule has 100 valence electrons. The van der Waals surface area contributed by atoms with Crippen molar-refractivity contribution in [3.05, 3.63) is 0 Å². The Morgan fingerprint density at radius 1 is 1.47 bits per heavy atom. The maximum Gasteiger partial charge on any atom is 0.323 e. The SMILES string of the molecule is CC(C)(C)ON[C@@H](CCCN=C(N)N)C(=O)O. The summed E-state index contributed by atoms with van der Waals surface area (Å²) in [7, 11) is 0. The van der Waals surface area contributed by atoms with Gasteiger partial charge in [0.15, 0.2) is 5.96 Å². The molecule has 0 aliphatic rings. The maximum absolute atomic E-state index is 10.9. The molecule has 0 bridgehead atoms. The number of aliphatic imine (C=N–C) groups is 1. The average Bonchev–Trinajstić information content (AvgIpc) is 2.13. The molecule has 1 atom stereocenters. The standard InChI is InChI=1S/C10H22N4O3/c1-10(2,3)17-14-7(8(15)16)5-4-6-13-9(11)12/h7,14H,4-6H2,1-3H3,(H,15,16)(H4,11,12,13)/t7-/m0/s1.